The number of nitrogens with zero attached hydrogens (tertiary/aromatic N) is 2. The Morgan fingerprint density at radius 1 is 1.50 bits per heavy atom. The summed E-state index contributed by atoms with van der Waals surface area (Å²) in [6.45, 7) is 5.51. The maximum Gasteiger partial charge on any atom is 0.187 e. The first-order valence-corrected chi connectivity index (χ1v) is 7.32. The van der Waals surface area contributed by atoms with Gasteiger partial charge in [-0.3, -0.25) is 0 Å². The minimum absolute atomic E-state index is 0.455. The molecule has 0 aliphatic heterocycles. The van der Waals surface area contributed by atoms with Crippen molar-refractivity contribution in [3.05, 3.63) is 10.0 Å². The van der Waals surface area contributed by atoms with E-state index in [1.54, 1.807) is 11.3 Å². The average Bonchev–Trinajstić information content (AvgIpc) is 2.98. The summed E-state index contributed by atoms with van der Waals surface area (Å²) in [6.07, 6.45) is 2.56. The molecule has 0 saturated heterocycles. The number of aromatic nitrogens is 1. The third-order valence-corrected chi connectivity index (χ3v) is 4.50. The van der Waals surface area contributed by atoms with Crippen molar-refractivity contribution in [1.82, 2.24) is 4.98 Å². The lowest BCUT2D eigenvalue weighted by Crippen LogP contribution is -2.29. The molecule has 0 amide bonds. The first kappa shape index (κ1) is 12.5. The van der Waals surface area contributed by atoms with E-state index in [0.717, 1.165) is 16.6 Å². The van der Waals surface area contributed by atoms with Gasteiger partial charge in [0.1, 0.15) is 5.15 Å². The molecule has 2 rings (SSSR count). The highest BCUT2D eigenvalue weighted by Gasteiger charge is 2.31. The molecule has 0 N–H and O–H groups in total. The third-order valence-electron chi connectivity index (χ3n) is 2.55. The molecule has 1 saturated carbocycles. The van der Waals surface area contributed by atoms with Crippen molar-refractivity contribution in [3.8, 4) is 0 Å². The van der Waals surface area contributed by atoms with Crippen LogP contribution in [0.1, 0.15) is 31.6 Å². The van der Waals surface area contributed by atoms with E-state index in [1.165, 1.54) is 12.8 Å². The van der Waals surface area contributed by atoms with Crippen LogP contribution in [0, 0.1) is 5.92 Å². The standard InChI is InChI=1S/C11H16Cl2N2S/c1-7(2)6-15(8-3-4-8)11-14-10(13)9(5-12)16-11/h7-8H,3-6H2,1-2H3. The van der Waals surface area contributed by atoms with Gasteiger partial charge in [0, 0.05) is 12.6 Å². The Kier molecular flexibility index (Phi) is 3.98. The minimum Gasteiger partial charge on any atom is -0.345 e. The zero-order valence-electron chi connectivity index (χ0n) is 9.54. The van der Waals surface area contributed by atoms with Gasteiger partial charge in [0.15, 0.2) is 5.13 Å². The molecule has 1 aromatic heterocycles. The van der Waals surface area contributed by atoms with Gasteiger partial charge in [-0.05, 0) is 18.8 Å². The van der Waals surface area contributed by atoms with Crippen LogP contribution in [0.2, 0.25) is 5.15 Å². The van der Waals surface area contributed by atoms with Crippen LogP contribution < -0.4 is 4.90 Å². The van der Waals surface area contributed by atoms with Gasteiger partial charge in [-0.25, -0.2) is 4.98 Å². The fourth-order valence-electron chi connectivity index (χ4n) is 1.69. The normalized spacial score (nSPS) is 15.8. The molecule has 1 heterocycles. The van der Waals surface area contributed by atoms with Gasteiger partial charge in [0.25, 0.3) is 0 Å². The van der Waals surface area contributed by atoms with E-state index in [-0.39, 0.29) is 0 Å². The maximum atomic E-state index is 6.04. The van der Waals surface area contributed by atoms with E-state index in [4.69, 9.17) is 23.2 Å². The largest absolute Gasteiger partial charge is 0.345 e. The topological polar surface area (TPSA) is 16.1 Å². The molecule has 0 unspecified atom stereocenters. The van der Waals surface area contributed by atoms with Crippen molar-refractivity contribution in [1.29, 1.82) is 0 Å². The summed E-state index contributed by atoms with van der Waals surface area (Å²) in [5.74, 6) is 1.10. The summed E-state index contributed by atoms with van der Waals surface area (Å²) < 4.78 is 0. The number of alkyl halides is 1. The predicted molar refractivity (Wildman–Crippen MR) is 71.9 cm³/mol. The Bertz CT molecular complexity index is 361. The lowest BCUT2D eigenvalue weighted by molar-refractivity contribution is 0.606. The van der Waals surface area contributed by atoms with E-state index < -0.39 is 0 Å². The number of thiazole rings is 1. The van der Waals surface area contributed by atoms with Crippen molar-refractivity contribution >= 4 is 39.7 Å². The first-order valence-electron chi connectivity index (χ1n) is 5.59. The number of anilines is 1. The summed E-state index contributed by atoms with van der Waals surface area (Å²) in [6, 6.07) is 0.674. The molecule has 0 atom stereocenters. The van der Waals surface area contributed by atoms with Crippen LogP contribution in [-0.4, -0.2) is 17.6 Å². The second-order valence-corrected chi connectivity index (χ2v) is 6.31. The van der Waals surface area contributed by atoms with Crippen molar-refractivity contribution in [2.75, 3.05) is 11.4 Å². The number of rotatable bonds is 5. The van der Waals surface area contributed by atoms with E-state index in [9.17, 15) is 0 Å². The molecule has 1 fully saturated rings. The zero-order chi connectivity index (χ0) is 11.7. The van der Waals surface area contributed by atoms with Gasteiger partial charge in [0.05, 0.1) is 10.8 Å². The Morgan fingerprint density at radius 3 is 2.62 bits per heavy atom. The second kappa shape index (κ2) is 5.11. The van der Waals surface area contributed by atoms with E-state index in [2.05, 4.69) is 23.7 Å². The van der Waals surface area contributed by atoms with Crippen molar-refractivity contribution in [3.63, 3.8) is 0 Å². The molecule has 16 heavy (non-hydrogen) atoms. The number of hydrogen-bond acceptors (Lipinski definition) is 3. The molecule has 1 aromatic rings. The molecular formula is C11H16Cl2N2S. The molecule has 90 valence electrons. The fraction of sp³-hybridized carbons (Fsp3) is 0.727. The van der Waals surface area contributed by atoms with Gasteiger partial charge >= 0.3 is 0 Å². The van der Waals surface area contributed by atoms with Crippen LogP contribution in [0.3, 0.4) is 0 Å². The Morgan fingerprint density at radius 2 is 2.19 bits per heavy atom. The Hall–Kier alpha value is 0.01000. The molecular weight excluding hydrogens is 263 g/mol. The molecule has 2 nitrogen and oxygen atoms in total. The number of hydrogen-bond donors (Lipinski definition) is 0. The van der Waals surface area contributed by atoms with Gasteiger partial charge in [0.2, 0.25) is 0 Å². The highest BCUT2D eigenvalue weighted by atomic mass is 35.5. The maximum absolute atomic E-state index is 6.04. The van der Waals surface area contributed by atoms with Crippen molar-refractivity contribution in [2.24, 2.45) is 5.92 Å². The fourth-order valence-corrected chi connectivity index (χ4v) is 3.24. The van der Waals surface area contributed by atoms with Gasteiger partial charge in [-0.15, -0.1) is 11.6 Å². The van der Waals surface area contributed by atoms with Gasteiger partial charge in [-0.2, -0.15) is 0 Å². The molecule has 0 bridgehead atoms. The van der Waals surface area contributed by atoms with Crippen molar-refractivity contribution in [2.45, 2.75) is 38.6 Å². The highest BCUT2D eigenvalue weighted by molar-refractivity contribution is 7.16. The number of halogens is 2. The van der Waals surface area contributed by atoms with Crippen LogP contribution in [0.4, 0.5) is 5.13 Å². The smallest absolute Gasteiger partial charge is 0.187 e. The zero-order valence-corrected chi connectivity index (χ0v) is 11.9. The lowest BCUT2D eigenvalue weighted by atomic mass is 10.2. The Balaban J connectivity index is 2.17. The summed E-state index contributed by atoms with van der Waals surface area (Å²) in [4.78, 5) is 7.79. The van der Waals surface area contributed by atoms with E-state index >= 15 is 0 Å². The van der Waals surface area contributed by atoms with Crippen LogP contribution in [0.25, 0.3) is 0 Å². The molecule has 0 radical (unpaired) electrons. The monoisotopic (exact) mass is 278 g/mol. The summed E-state index contributed by atoms with van der Waals surface area (Å²) in [5.41, 5.74) is 0. The van der Waals surface area contributed by atoms with E-state index in [0.29, 0.717) is 23.0 Å². The predicted octanol–water partition coefficient (Wildman–Crippen LogP) is 4.16. The average molecular weight is 279 g/mol. The van der Waals surface area contributed by atoms with Crippen LogP contribution in [-0.2, 0) is 5.88 Å². The quantitative estimate of drug-likeness (QED) is 0.752. The van der Waals surface area contributed by atoms with Crippen LogP contribution in [0.15, 0.2) is 0 Å². The molecule has 0 aromatic carbocycles. The van der Waals surface area contributed by atoms with Crippen LogP contribution >= 0.6 is 34.5 Å². The summed E-state index contributed by atoms with van der Waals surface area (Å²) in [5, 5.41) is 1.61. The first-order chi connectivity index (χ1) is 7.61. The van der Waals surface area contributed by atoms with Crippen molar-refractivity contribution < 1.29 is 0 Å². The minimum atomic E-state index is 0.455. The summed E-state index contributed by atoms with van der Waals surface area (Å²) in [7, 11) is 0. The summed E-state index contributed by atoms with van der Waals surface area (Å²) >= 11 is 13.5. The Labute approximate surface area is 111 Å². The molecule has 1 aliphatic rings. The van der Waals surface area contributed by atoms with Gasteiger partial charge in [-0.1, -0.05) is 36.8 Å². The van der Waals surface area contributed by atoms with E-state index in [1.807, 2.05) is 0 Å². The molecule has 0 spiro atoms. The highest BCUT2D eigenvalue weighted by Crippen LogP contribution is 2.37. The third kappa shape index (κ3) is 2.82. The molecule has 1 aliphatic carbocycles. The van der Waals surface area contributed by atoms with Gasteiger partial charge < -0.3 is 4.90 Å². The SMILES string of the molecule is CC(C)CN(c1nc(Cl)c(CCl)s1)C1CC1. The lowest BCUT2D eigenvalue weighted by Gasteiger charge is -2.23. The molecule has 5 heteroatoms. The second-order valence-electron chi connectivity index (χ2n) is 4.62. The van der Waals surface area contributed by atoms with Crippen LogP contribution in [0.5, 0.6) is 0 Å².